The lowest BCUT2D eigenvalue weighted by molar-refractivity contribution is -0.144. The van der Waals surface area contributed by atoms with Gasteiger partial charge in [0.15, 0.2) is 0 Å². The van der Waals surface area contributed by atoms with Crippen LogP contribution >= 0.6 is 23.2 Å². The van der Waals surface area contributed by atoms with Crippen molar-refractivity contribution in [1.82, 2.24) is 0 Å². The molecule has 6 nitrogen and oxygen atoms in total. The van der Waals surface area contributed by atoms with Gasteiger partial charge < -0.3 is 21.5 Å². The number of rotatable bonds is 8. The second-order valence-electron chi connectivity index (χ2n) is 5.14. The fourth-order valence-electron chi connectivity index (χ4n) is 2.02. The maximum Gasteiger partial charge on any atom is 0.323 e. The van der Waals surface area contributed by atoms with Crippen LogP contribution in [-0.4, -0.2) is 31.2 Å². The van der Waals surface area contributed by atoms with Crippen LogP contribution in [0.15, 0.2) is 46.1 Å². The number of hydrogen-bond acceptors (Lipinski definition) is 5. The summed E-state index contributed by atoms with van der Waals surface area (Å²) in [4.78, 5) is 23.8. The van der Waals surface area contributed by atoms with E-state index in [4.69, 9.17) is 39.4 Å². The number of benzene rings is 1. The topological polar surface area (TPSA) is 107 Å². The fourth-order valence-corrected chi connectivity index (χ4v) is 2.45. The van der Waals surface area contributed by atoms with Gasteiger partial charge in [0.2, 0.25) is 0 Å². The van der Waals surface area contributed by atoms with Crippen LogP contribution in [0, 0.1) is 0 Å². The van der Waals surface area contributed by atoms with Crippen molar-refractivity contribution in [2.75, 3.05) is 18.6 Å². The molecule has 0 saturated carbocycles. The third-order valence-electron chi connectivity index (χ3n) is 3.26. The van der Waals surface area contributed by atoms with Crippen molar-refractivity contribution in [3.8, 4) is 0 Å². The highest BCUT2D eigenvalue weighted by Crippen LogP contribution is 2.23. The SMILES string of the molecule is CCOC(=O)C(N)Cc1ccc(NC(=O)C(/C(Cl)=C\N)=C(\Cl)CF)cc1. The van der Waals surface area contributed by atoms with Crippen molar-refractivity contribution < 1.29 is 18.7 Å². The number of halogens is 3. The van der Waals surface area contributed by atoms with Crippen molar-refractivity contribution in [3.63, 3.8) is 0 Å². The van der Waals surface area contributed by atoms with Crippen molar-refractivity contribution in [2.24, 2.45) is 11.5 Å². The number of hydrogen-bond donors (Lipinski definition) is 3. The minimum absolute atomic E-state index is 0.165. The van der Waals surface area contributed by atoms with Gasteiger partial charge in [0.1, 0.15) is 12.7 Å². The predicted octanol–water partition coefficient (Wildman–Crippen LogP) is 2.56. The summed E-state index contributed by atoms with van der Waals surface area (Å²) in [5.74, 6) is -1.18. The van der Waals surface area contributed by atoms with Gasteiger partial charge in [-0.25, -0.2) is 4.39 Å². The lowest BCUT2D eigenvalue weighted by atomic mass is 10.1. The highest BCUT2D eigenvalue weighted by Gasteiger charge is 2.19. The Labute approximate surface area is 161 Å². The largest absolute Gasteiger partial charge is 0.465 e. The number of esters is 1. The molecule has 0 aliphatic heterocycles. The molecule has 1 atom stereocenters. The molecule has 1 unspecified atom stereocenters. The van der Waals surface area contributed by atoms with Gasteiger partial charge in [-0.2, -0.15) is 0 Å². The number of alkyl halides is 1. The predicted molar refractivity (Wildman–Crippen MR) is 100 cm³/mol. The van der Waals surface area contributed by atoms with Crippen LogP contribution < -0.4 is 16.8 Å². The first-order valence-corrected chi connectivity index (χ1v) is 8.44. The molecule has 9 heteroatoms. The Morgan fingerprint density at radius 3 is 2.42 bits per heavy atom. The Morgan fingerprint density at radius 2 is 1.92 bits per heavy atom. The molecule has 0 bridgehead atoms. The van der Waals surface area contributed by atoms with E-state index in [0.29, 0.717) is 5.69 Å². The van der Waals surface area contributed by atoms with E-state index in [9.17, 15) is 14.0 Å². The molecule has 0 radical (unpaired) electrons. The lowest BCUT2D eigenvalue weighted by Crippen LogP contribution is -2.34. The smallest absolute Gasteiger partial charge is 0.323 e. The molecule has 1 aromatic rings. The fraction of sp³-hybridized carbons (Fsp3) is 0.294. The maximum absolute atomic E-state index is 12.8. The summed E-state index contributed by atoms with van der Waals surface area (Å²) in [6.45, 7) is 0.903. The maximum atomic E-state index is 12.8. The normalized spacial score (nSPS) is 13.7. The van der Waals surface area contributed by atoms with Gasteiger partial charge in [-0.15, -0.1) is 0 Å². The quantitative estimate of drug-likeness (QED) is 0.351. The molecule has 0 saturated heterocycles. The number of amides is 1. The van der Waals surface area contributed by atoms with Gasteiger partial charge in [-0.1, -0.05) is 35.3 Å². The van der Waals surface area contributed by atoms with E-state index in [2.05, 4.69) is 5.32 Å². The van der Waals surface area contributed by atoms with Crippen LogP contribution in [0.3, 0.4) is 0 Å². The number of anilines is 1. The second-order valence-corrected chi connectivity index (χ2v) is 6.01. The summed E-state index contributed by atoms with van der Waals surface area (Å²) < 4.78 is 17.6. The Morgan fingerprint density at radius 1 is 1.31 bits per heavy atom. The highest BCUT2D eigenvalue weighted by atomic mass is 35.5. The molecule has 0 aromatic heterocycles. The number of carbonyl (C=O) groups is 2. The zero-order chi connectivity index (χ0) is 19.7. The molecule has 0 aliphatic rings. The van der Waals surface area contributed by atoms with Crippen LogP contribution in [-0.2, 0) is 20.7 Å². The molecule has 0 spiro atoms. The minimum atomic E-state index is -1.06. The lowest BCUT2D eigenvalue weighted by Gasteiger charge is -2.12. The van der Waals surface area contributed by atoms with Gasteiger partial charge in [0.25, 0.3) is 5.91 Å². The second kappa shape index (κ2) is 10.8. The van der Waals surface area contributed by atoms with E-state index in [1.807, 2.05) is 0 Å². The average molecular weight is 404 g/mol. The van der Waals surface area contributed by atoms with Gasteiger partial charge in [-0.05, 0) is 31.0 Å². The van der Waals surface area contributed by atoms with Gasteiger partial charge >= 0.3 is 5.97 Å². The average Bonchev–Trinajstić information content (AvgIpc) is 2.63. The summed E-state index contributed by atoms with van der Waals surface area (Å²) >= 11 is 11.5. The third kappa shape index (κ3) is 6.33. The van der Waals surface area contributed by atoms with Crippen molar-refractivity contribution in [3.05, 3.63) is 51.7 Å². The minimum Gasteiger partial charge on any atom is -0.465 e. The molecular weight excluding hydrogens is 384 g/mol. The van der Waals surface area contributed by atoms with Gasteiger partial charge in [-0.3, -0.25) is 9.59 Å². The van der Waals surface area contributed by atoms with Gasteiger partial charge in [0, 0.05) is 11.9 Å². The first-order valence-electron chi connectivity index (χ1n) is 7.68. The summed E-state index contributed by atoms with van der Waals surface area (Å²) in [7, 11) is 0. The zero-order valence-electron chi connectivity index (χ0n) is 14.1. The monoisotopic (exact) mass is 403 g/mol. The van der Waals surface area contributed by atoms with Crippen LogP contribution in [0.25, 0.3) is 0 Å². The summed E-state index contributed by atoms with van der Waals surface area (Å²) in [6, 6.07) is 5.81. The van der Waals surface area contributed by atoms with E-state index in [1.165, 1.54) is 0 Å². The van der Waals surface area contributed by atoms with Crippen molar-refractivity contribution >= 4 is 40.8 Å². The number of nitrogens with two attached hydrogens (primary N) is 2. The Kier molecular flexibility index (Phi) is 9.12. The summed E-state index contributed by atoms with van der Waals surface area (Å²) in [6.07, 6.45) is 1.24. The van der Waals surface area contributed by atoms with E-state index >= 15 is 0 Å². The number of ether oxygens (including phenoxy) is 1. The number of carbonyl (C=O) groups excluding carboxylic acids is 2. The third-order valence-corrected chi connectivity index (χ3v) is 3.86. The van der Waals surface area contributed by atoms with Crippen LogP contribution in [0.1, 0.15) is 12.5 Å². The van der Waals surface area contributed by atoms with Crippen LogP contribution in [0.2, 0.25) is 0 Å². The Hall–Kier alpha value is -2.09. The standard InChI is InChI=1S/C17H20Cl2FN3O3/c1-2-26-17(25)14(22)7-10-3-5-11(6-4-10)23-16(24)15(12(18)8-20)13(19)9-21/h3-6,9,14H,2,7-8,21-22H2,1H3,(H,23,24)/b13-9+,15-12-. The number of nitrogens with one attached hydrogen (secondary N) is 1. The molecule has 142 valence electrons. The van der Waals surface area contributed by atoms with Crippen LogP contribution in [0.5, 0.6) is 0 Å². The van der Waals surface area contributed by atoms with E-state index < -0.39 is 24.6 Å². The molecular formula is C17H20Cl2FN3O3. The summed E-state index contributed by atoms with van der Waals surface area (Å²) in [5.41, 5.74) is 12.0. The zero-order valence-corrected chi connectivity index (χ0v) is 15.6. The molecule has 0 aliphatic carbocycles. The number of allylic oxidation sites excluding steroid dienone is 1. The molecule has 1 rings (SSSR count). The van der Waals surface area contributed by atoms with E-state index in [1.54, 1.807) is 31.2 Å². The first kappa shape index (κ1) is 22.0. The molecule has 0 fully saturated rings. The van der Waals surface area contributed by atoms with E-state index in [0.717, 1.165) is 11.8 Å². The van der Waals surface area contributed by atoms with Crippen molar-refractivity contribution in [2.45, 2.75) is 19.4 Å². The van der Waals surface area contributed by atoms with Crippen molar-refractivity contribution in [1.29, 1.82) is 0 Å². The Balaban J connectivity index is 2.83. The van der Waals surface area contributed by atoms with Crippen LogP contribution in [0.4, 0.5) is 10.1 Å². The Bertz CT molecular complexity index is 706. The summed E-state index contributed by atoms with van der Waals surface area (Å²) in [5, 5.41) is 2.02. The molecule has 5 N–H and O–H groups in total. The molecule has 1 amide bonds. The van der Waals surface area contributed by atoms with E-state index in [-0.39, 0.29) is 28.7 Å². The van der Waals surface area contributed by atoms with Gasteiger partial charge in [0.05, 0.1) is 22.2 Å². The molecule has 0 heterocycles. The first-order chi connectivity index (χ1) is 12.3. The highest BCUT2D eigenvalue weighted by molar-refractivity contribution is 6.40. The molecule has 1 aromatic carbocycles. The molecule has 26 heavy (non-hydrogen) atoms.